The Hall–Kier alpha value is -2.47. The quantitative estimate of drug-likeness (QED) is 0.713. The third-order valence-corrected chi connectivity index (χ3v) is 5.25. The first-order valence-electron chi connectivity index (χ1n) is 8.73. The summed E-state index contributed by atoms with van der Waals surface area (Å²) in [5.74, 6) is -0.0648. The van der Waals surface area contributed by atoms with Crippen molar-refractivity contribution in [1.82, 2.24) is 0 Å². The van der Waals surface area contributed by atoms with Gasteiger partial charge in [0.05, 0.1) is 0 Å². The molecule has 1 heterocycles. The van der Waals surface area contributed by atoms with E-state index in [9.17, 15) is 14.4 Å². The molecular formula is C20H22N2O3S. The van der Waals surface area contributed by atoms with E-state index in [2.05, 4.69) is 10.6 Å². The normalized spacial score (nSPS) is 13.3. The van der Waals surface area contributed by atoms with Crippen LogP contribution in [0.4, 0.5) is 11.4 Å². The summed E-state index contributed by atoms with van der Waals surface area (Å²) in [5.41, 5.74) is 1.99. The highest BCUT2D eigenvalue weighted by atomic mass is 32.1. The molecule has 1 fully saturated rings. The lowest BCUT2D eigenvalue weighted by atomic mass is 10.1. The Morgan fingerprint density at radius 1 is 1.04 bits per heavy atom. The number of benzene rings is 1. The van der Waals surface area contributed by atoms with Crippen molar-refractivity contribution in [2.75, 3.05) is 10.6 Å². The second kappa shape index (κ2) is 7.83. The van der Waals surface area contributed by atoms with Crippen molar-refractivity contribution >= 4 is 40.3 Å². The van der Waals surface area contributed by atoms with Crippen LogP contribution in [0.15, 0.2) is 30.3 Å². The fourth-order valence-electron chi connectivity index (χ4n) is 2.76. The monoisotopic (exact) mass is 370 g/mol. The van der Waals surface area contributed by atoms with Gasteiger partial charge in [0.2, 0.25) is 11.8 Å². The topological polar surface area (TPSA) is 75.3 Å². The molecule has 0 atom stereocenters. The zero-order valence-corrected chi connectivity index (χ0v) is 15.7. The van der Waals surface area contributed by atoms with Gasteiger partial charge in [-0.2, -0.15) is 0 Å². The van der Waals surface area contributed by atoms with Gasteiger partial charge in [-0.3, -0.25) is 14.4 Å². The molecule has 5 nitrogen and oxygen atoms in total. The molecule has 2 aromatic rings. The zero-order chi connectivity index (χ0) is 18.7. The first kappa shape index (κ1) is 18.3. The Morgan fingerprint density at radius 3 is 2.35 bits per heavy atom. The second-order valence-electron chi connectivity index (χ2n) is 6.64. The summed E-state index contributed by atoms with van der Waals surface area (Å²) in [5, 5.41) is 5.64. The first-order valence-corrected chi connectivity index (χ1v) is 9.55. The highest BCUT2D eigenvalue weighted by Gasteiger charge is 2.29. The number of hydrogen-bond acceptors (Lipinski definition) is 4. The molecule has 0 bridgehead atoms. The van der Waals surface area contributed by atoms with E-state index in [0.717, 1.165) is 22.6 Å². The highest BCUT2D eigenvalue weighted by molar-refractivity contribution is 7.12. The molecule has 1 aliphatic carbocycles. The number of ketones is 1. The number of anilines is 2. The van der Waals surface area contributed by atoms with Crippen LogP contribution in [0.1, 0.15) is 45.8 Å². The van der Waals surface area contributed by atoms with E-state index in [4.69, 9.17) is 0 Å². The van der Waals surface area contributed by atoms with E-state index in [1.165, 1.54) is 0 Å². The summed E-state index contributed by atoms with van der Waals surface area (Å²) in [6, 6.07) is 8.94. The molecule has 0 spiro atoms. The fourth-order valence-corrected chi connectivity index (χ4v) is 3.70. The third-order valence-electron chi connectivity index (χ3n) is 4.28. The van der Waals surface area contributed by atoms with Crippen LogP contribution in [0.3, 0.4) is 0 Å². The van der Waals surface area contributed by atoms with Crippen molar-refractivity contribution < 1.29 is 14.4 Å². The van der Waals surface area contributed by atoms with Gasteiger partial charge in [0.25, 0.3) is 0 Å². The number of aryl methyl sites for hydroxylation is 2. The second-order valence-corrected chi connectivity index (χ2v) is 8.10. The third kappa shape index (κ3) is 4.79. The van der Waals surface area contributed by atoms with E-state index in [-0.39, 0.29) is 36.4 Å². The maximum atomic E-state index is 12.3. The number of rotatable bonds is 7. The van der Waals surface area contributed by atoms with Gasteiger partial charge >= 0.3 is 0 Å². The van der Waals surface area contributed by atoms with Crippen LogP contribution in [-0.4, -0.2) is 17.6 Å². The van der Waals surface area contributed by atoms with Crippen LogP contribution < -0.4 is 10.6 Å². The van der Waals surface area contributed by atoms with Gasteiger partial charge in [-0.15, -0.1) is 11.3 Å². The highest BCUT2D eigenvalue weighted by Crippen LogP contribution is 2.30. The molecule has 0 saturated heterocycles. The molecular weight excluding hydrogens is 348 g/mol. The largest absolute Gasteiger partial charge is 0.326 e. The number of nitrogens with one attached hydrogen (secondary N) is 2. The molecule has 2 amide bonds. The molecule has 0 unspecified atom stereocenters. The van der Waals surface area contributed by atoms with E-state index in [0.29, 0.717) is 16.9 Å². The standard InChI is InChI=1S/C20H22N2O3S/c1-12-10-17(13(2)26-12)18(23)8-9-19(24)21-15-4-3-5-16(11-15)22-20(25)14-6-7-14/h3-5,10-11,14H,6-9H2,1-2H3,(H,21,24)(H,22,25). The number of amides is 2. The van der Waals surface area contributed by atoms with Crippen molar-refractivity contribution in [2.45, 2.75) is 39.5 Å². The van der Waals surface area contributed by atoms with E-state index in [1.54, 1.807) is 35.6 Å². The first-order chi connectivity index (χ1) is 12.4. The van der Waals surface area contributed by atoms with Crippen LogP contribution in [0.2, 0.25) is 0 Å². The van der Waals surface area contributed by atoms with Gasteiger partial charge in [0, 0.05) is 45.5 Å². The summed E-state index contributed by atoms with van der Waals surface area (Å²) in [6.45, 7) is 3.89. The minimum atomic E-state index is -0.214. The minimum absolute atomic E-state index is 0.00699. The van der Waals surface area contributed by atoms with E-state index >= 15 is 0 Å². The molecule has 1 aromatic heterocycles. The van der Waals surface area contributed by atoms with Crippen molar-refractivity contribution in [3.63, 3.8) is 0 Å². The maximum Gasteiger partial charge on any atom is 0.227 e. The number of hydrogen-bond donors (Lipinski definition) is 2. The van der Waals surface area contributed by atoms with Gasteiger partial charge < -0.3 is 10.6 Å². The Morgan fingerprint density at radius 2 is 1.73 bits per heavy atom. The number of thiophene rings is 1. The Bertz CT molecular complexity index is 852. The Labute approximate surface area is 156 Å². The molecule has 136 valence electrons. The Kier molecular flexibility index (Phi) is 5.52. The molecule has 0 aliphatic heterocycles. The van der Waals surface area contributed by atoms with Crippen LogP contribution in [0.25, 0.3) is 0 Å². The van der Waals surface area contributed by atoms with Crippen LogP contribution in [0, 0.1) is 19.8 Å². The zero-order valence-electron chi connectivity index (χ0n) is 14.9. The average Bonchev–Trinajstić information content (AvgIpc) is 3.38. The van der Waals surface area contributed by atoms with Crippen molar-refractivity contribution in [3.05, 3.63) is 45.6 Å². The Balaban J connectivity index is 1.52. The fraction of sp³-hybridized carbons (Fsp3) is 0.350. The predicted octanol–water partition coefficient (Wildman–Crippen LogP) is 4.32. The van der Waals surface area contributed by atoms with Crippen LogP contribution >= 0.6 is 11.3 Å². The number of carbonyl (C=O) groups is 3. The number of carbonyl (C=O) groups excluding carboxylic acids is 3. The predicted molar refractivity (Wildman–Crippen MR) is 104 cm³/mol. The average molecular weight is 370 g/mol. The maximum absolute atomic E-state index is 12.3. The van der Waals surface area contributed by atoms with Gasteiger partial charge in [-0.25, -0.2) is 0 Å². The summed E-state index contributed by atoms with van der Waals surface area (Å²) in [6.07, 6.45) is 2.20. The van der Waals surface area contributed by atoms with E-state index in [1.807, 2.05) is 19.9 Å². The molecule has 3 rings (SSSR count). The summed E-state index contributed by atoms with van der Waals surface area (Å²) in [4.78, 5) is 38.3. The van der Waals surface area contributed by atoms with Gasteiger partial charge in [-0.1, -0.05) is 6.07 Å². The van der Waals surface area contributed by atoms with Crippen LogP contribution in [0.5, 0.6) is 0 Å². The summed E-state index contributed by atoms with van der Waals surface area (Å²) in [7, 11) is 0. The van der Waals surface area contributed by atoms with Crippen molar-refractivity contribution in [1.29, 1.82) is 0 Å². The van der Waals surface area contributed by atoms with Gasteiger partial charge in [0.15, 0.2) is 5.78 Å². The van der Waals surface area contributed by atoms with Crippen molar-refractivity contribution in [3.8, 4) is 0 Å². The molecule has 6 heteroatoms. The van der Waals surface area contributed by atoms with E-state index < -0.39 is 0 Å². The van der Waals surface area contributed by atoms with Gasteiger partial charge in [0.1, 0.15) is 0 Å². The molecule has 1 aliphatic rings. The molecule has 1 aromatic carbocycles. The lowest BCUT2D eigenvalue weighted by molar-refractivity contribution is -0.117. The summed E-state index contributed by atoms with van der Waals surface area (Å²) >= 11 is 1.59. The lowest BCUT2D eigenvalue weighted by Gasteiger charge is -2.08. The molecule has 2 N–H and O–H groups in total. The molecule has 0 radical (unpaired) electrons. The van der Waals surface area contributed by atoms with Crippen LogP contribution in [-0.2, 0) is 9.59 Å². The SMILES string of the molecule is Cc1cc(C(=O)CCC(=O)Nc2cccc(NC(=O)C3CC3)c2)c(C)s1. The minimum Gasteiger partial charge on any atom is -0.326 e. The smallest absolute Gasteiger partial charge is 0.227 e. The summed E-state index contributed by atoms with van der Waals surface area (Å²) < 4.78 is 0. The lowest BCUT2D eigenvalue weighted by Crippen LogP contribution is -2.15. The van der Waals surface area contributed by atoms with Crippen molar-refractivity contribution in [2.24, 2.45) is 5.92 Å². The van der Waals surface area contributed by atoms with Gasteiger partial charge in [-0.05, 0) is 51.0 Å². The molecule has 1 saturated carbocycles. The number of Topliss-reactive ketones (excluding diaryl/α,β-unsaturated/α-hetero) is 1. The molecule has 26 heavy (non-hydrogen) atoms.